The molecule has 0 bridgehead atoms. The zero-order valence-electron chi connectivity index (χ0n) is 17.3. The first-order valence-electron chi connectivity index (χ1n) is 9.97. The van der Waals surface area contributed by atoms with Gasteiger partial charge in [0.25, 0.3) is 5.91 Å². The van der Waals surface area contributed by atoms with E-state index in [-0.39, 0.29) is 5.91 Å². The lowest BCUT2D eigenvalue weighted by Gasteiger charge is -2.13. The van der Waals surface area contributed by atoms with Crippen molar-refractivity contribution < 1.29 is 4.79 Å². The number of nitrogens with zero attached hydrogens (tertiary/aromatic N) is 2. The first-order chi connectivity index (χ1) is 15.4. The number of carbonyl (C=O) groups excluding carboxylic acids is 1. The van der Waals surface area contributed by atoms with E-state index in [2.05, 4.69) is 16.4 Å². The summed E-state index contributed by atoms with van der Waals surface area (Å²) in [5.41, 5.74) is 5.25. The van der Waals surface area contributed by atoms with Crippen LogP contribution in [0, 0.1) is 6.92 Å². The topological polar surface area (TPSA) is 46.9 Å². The number of hydrogen-bond acceptors (Lipinski definition) is 2. The Hall–Kier alpha value is -2.79. The number of carbonyl (C=O) groups is 1. The Balaban J connectivity index is 1.65. The molecule has 0 atom stereocenters. The van der Waals surface area contributed by atoms with Gasteiger partial charge in [0.2, 0.25) is 0 Å². The van der Waals surface area contributed by atoms with Crippen LogP contribution in [0.25, 0.3) is 11.1 Å². The molecule has 1 N–H and O–H groups in total. The average Bonchev–Trinajstić information content (AvgIpc) is 3.28. The number of rotatable bonds is 6. The van der Waals surface area contributed by atoms with Crippen LogP contribution in [-0.2, 0) is 13.1 Å². The number of nitrogens with one attached hydrogen (secondary N) is 1. The van der Waals surface area contributed by atoms with Gasteiger partial charge in [-0.25, -0.2) is 4.98 Å². The van der Waals surface area contributed by atoms with Crippen LogP contribution in [0.1, 0.15) is 27.0 Å². The van der Waals surface area contributed by atoms with Crippen molar-refractivity contribution in [3.05, 3.63) is 111 Å². The third-order valence-corrected chi connectivity index (χ3v) is 6.12. The van der Waals surface area contributed by atoms with E-state index in [0.717, 1.165) is 27.8 Å². The van der Waals surface area contributed by atoms with Gasteiger partial charge < -0.3 is 9.88 Å². The quantitative estimate of drug-likeness (QED) is 0.327. The Labute approximate surface area is 201 Å². The molecule has 0 fully saturated rings. The fourth-order valence-electron chi connectivity index (χ4n) is 3.46. The van der Waals surface area contributed by atoms with Gasteiger partial charge in [-0.3, -0.25) is 4.79 Å². The molecule has 1 amide bonds. The summed E-state index contributed by atoms with van der Waals surface area (Å²) in [5, 5.41) is 4.53. The minimum absolute atomic E-state index is 0.187. The predicted octanol–water partition coefficient (Wildman–Crippen LogP) is 6.80. The van der Waals surface area contributed by atoms with Crippen molar-refractivity contribution in [2.24, 2.45) is 0 Å². The second-order valence-electron chi connectivity index (χ2n) is 7.57. The lowest BCUT2D eigenvalue weighted by Crippen LogP contribution is -2.23. The Kier molecular flexibility index (Phi) is 6.85. The second kappa shape index (κ2) is 9.78. The fraction of sp³-hybridized carbons (Fsp3) is 0.120. The van der Waals surface area contributed by atoms with Gasteiger partial charge in [0, 0.05) is 41.6 Å². The first-order valence-corrected chi connectivity index (χ1v) is 11.1. The second-order valence-corrected chi connectivity index (χ2v) is 8.79. The monoisotopic (exact) mass is 483 g/mol. The van der Waals surface area contributed by atoms with Crippen LogP contribution in [0.5, 0.6) is 0 Å². The van der Waals surface area contributed by atoms with Crippen molar-refractivity contribution in [3.63, 3.8) is 0 Å². The van der Waals surface area contributed by atoms with E-state index in [1.165, 1.54) is 0 Å². The maximum atomic E-state index is 13.0. The number of imidazole rings is 1. The van der Waals surface area contributed by atoms with Crippen LogP contribution in [-0.4, -0.2) is 15.5 Å². The highest BCUT2D eigenvalue weighted by Crippen LogP contribution is 2.31. The highest BCUT2D eigenvalue weighted by molar-refractivity contribution is 6.42. The molecule has 0 aliphatic rings. The van der Waals surface area contributed by atoms with E-state index in [4.69, 9.17) is 34.8 Å². The zero-order chi connectivity index (χ0) is 22.7. The number of benzene rings is 3. The Morgan fingerprint density at radius 3 is 2.50 bits per heavy atom. The third kappa shape index (κ3) is 5.33. The summed E-state index contributed by atoms with van der Waals surface area (Å²) in [6.07, 6.45) is 5.36. The van der Waals surface area contributed by atoms with Crippen LogP contribution < -0.4 is 5.32 Å². The lowest BCUT2D eigenvalue weighted by atomic mass is 9.98. The van der Waals surface area contributed by atoms with Gasteiger partial charge in [-0.15, -0.1) is 0 Å². The highest BCUT2D eigenvalue weighted by atomic mass is 35.5. The molecule has 0 aliphatic carbocycles. The number of aromatic nitrogens is 2. The van der Waals surface area contributed by atoms with Gasteiger partial charge in [0.05, 0.1) is 16.4 Å². The molecule has 3 aromatic carbocycles. The number of hydrogen-bond donors (Lipinski definition) is 1. The number of amides is 1. The number of aryl methyl sites for hydroxylation is 1. The van der Waals surface area contributed by atoms with Crippen molar-refractivity contribution >= 4 is 40.7 Å². The van der Waals surface area contributed by atoms with E-state index in [1.54, 1.807) is 24.7 Å². The normalized spacial score (nSPS) is 10.9. The molecule has 7 heteroatoms. The molecule has 0 aliphatic heterocycles. The van der Waals surface area contributed by atoms with Crippen molar-refractivity contribution in [1.82, 2.24) is 14.9 Å². The standard InChI is InChI=1S/C25H20Cl3N3O/c1-16-2-4-22(26)21(8-16)19-9-18(14-31-7-6-29-15-31)10-20(12-19)25(32)30-13-17-3-5-23(27)24(28)11-17/h2-12,15H,13-14H2,1H3,(H,30,32). The van der Waals surface area contributed by atoms with Gasteiger partial charge in [-0.2, -0.15) is 0 Å². The maximum absolute atomic E-state index is 13.0. The van der Waals surface area contributed by atoms with E-state index < -0.39 is 0 Å². The predicted molar refractivity (Wildman–Crippen MR) is 131 cm³/mol. The molecule has 1 aromatic heterocycles. The van der Waals surface area contributed by atoms with Crippen molar-refractivity contribution in [2.45, 2.75) is 20.0 Å². The molecule has 32 heavy (non-hydrogen) atoms. The van der Waals surface area contributed by atoms with Gasteiger partial charge in [-0.1, -0.05) is 52.5 Å². The van der Waals surface area contributed by atoms with E-state index >= 15 is 0 Å². The van der Waals surface area contributed by atoms with Crippen LogP contribution in [0.15, 0.2) is 73.3 Å². The van der Waals surface area contributed by atoms with Crippen LogP contribution in [0.4, 0.5) is 0 Å². The van der Waals surface area contributed by atoms with Crippen LogP contribution in [0.3, 0.4) is 0 Å². The Morgan fingerprint density at radius 1 is 0.938 bits per heavy atom. The Morgan fingerprint density at radius 2 is 1.75 bits per heavy atom. The molecule has 0 unspecified atom stereocenters. The lowest BCUT2D eigenvalue weighted by molar-refractivity contribution is 0.0951. The maximum Gasteiger partial charge on any atom is 0.251 e. The van der Waals surface area contributed by atoms with Crippen LogP contribution >= 0.6 is 34.8 Å². The Bertz CT molecular complexity index is 1270. The zero-order valence-corrected chi connectivity index (χ0v) is 19.5. The van der Waals surface area contributed by atoms with Crippen molar-refractivity contribution in [1.29, 1.82) is 0 Å². The van der Waals surface area contributed by atoms with Gasteiger partial charge in [0.1, 0.15) is 0 Å². The highest BCUT2D eigenvalue weighted by Gasteiger charge is 2.13. The summed E-state index contributed by atoms with van der Waals surface area (Å²) in [6, 6.07) is 17.0. The van der Waals surface area contributed by atoms with Gasteiger partial charge in [0.15, 0.2) is 0 Å². The molecule has 4 aromatic rings. The summed E-state index contributed by atoms with van der Waals surface area (Å²) < 4.78 is 1.95. The largest absolute Gasteiger partial charge is 0.348 e. The molecule has 0 spiro atoms. The summed E-state index contributed by atoms with van der Waals surface area (Å²) in [5.74, 6) is -0.187. The minimum Gasteiger partial charge on any atom is -0.348 e. The molecule has 4 nitrogen and oxygen atoms in total. The summed E-state index contributed by atoms with van der Waals surface area (Å²) >= 11 is 18.6. The molecular weight excluding hydrogens is 465 g/mol. The number of halogens is 3. The van der Waals surface area contributed by atoms with E-state index in [9.17, 15) is 4.79 Å². The molecule has 162 valence electrons. The summed E-state index contributed by atoms with van der Waals surface area (Å²) in [7, 11) is 0. The molecular formula is C25H20Cl3N3O. The first kappa shape index (κ1) is 22.4. The van der Waals surface area contributed by atoms with Crippen molar-refractivity contribution in [2.75, 3.05) is 0 Å². The molecule has 0 saturated heterocycles. The third-order valence-electron chi connectivity index (χ3n) is 5.05. The minimum atomic E-state index is -0.187. The van der Waals surface area contributed by atoms with E-state index in [0.29, 0.717) is 33.7 Å². The summed E-state index contributed by atoms with van der Waals surface area (Å²) in [4.78, 5) is 17.1. The molecule has 0 saturated carbocycles. The smallest absolute Gasteiger partial charge is 0.251 e. The van der Waals surface area contributed by atoms with Crippen molar-refractivity contribution in [3.8, 4) is 11.1 Å². The average molecular weight is 485 g/mol. The molecule has 0 radical (unpaired) electrons. The van der Waals surface area contributed by atoms with Gasteiger partial charge >= 0.3 is 0 Å². The molecule has 4 rings (SSSR count). The molecule has 1 heterocycles. The fourth-order valence-corrected chi connectivity index (χ4v) is 4.00. The SMILES string of the molecule is Cc1ccc(Cl)c(-c2cc(Cn3ccnc3)cc(C(=O)NCc3ccc(Cl)c(Cl)c3)c2)c1. The summed E-state index contributed by atoms with van der Waals surface area (Å²) in [6.45, 7) is 2.94. The van der Waals surface area contributed by atoms with Gasteiger partial charge in [-0.05, 0) is 66.1 Å². The van der Waals surface area contributed by atoms with E-state index in [1.807, 2.05) is 54.1 Å². The van der Waals surface area contributed by atoms with Crippen LogP contribution in [0.2, 0.25) is 15.1 Å².